The van der Waals surface area contributed by atoms with Crippen LogP contribution >= 0.6 is 0 Å². The van der Waals surface area contributed by atoms with Crippen molar-refractivity contribution in [2.75, 3.05) is 20.3 Å². The largest absolute Gasteiger partial charge is 0.331 e. The highest BCUT2D eigenvalue weighted by Gasteiger charge is 2.42. The van der Waals surface area contributed by atoms with E-state index >= 15 is 0 Å². The molecule has 1 aromatic rings. The third kappa shape index (κ3) is 2.02. The van der Waals surface area contributed by atoms with Gasteiger partial charge < -0.3 is 14.2 Å². The number of methoxy groups -OCH3 is 1. The summed E-state index contributed by atoms with van der Waals surface area (Å²) < 4.78 is 16.0. The van der Waals surface area contributed by atoms with E-state index in [9.17, 15) is 9.59 Å². The molecule has 0 N–H and O–H groups in total. The van der Waals surface area contributed by atoms with E-state index in [1.807, 2.05) is 0 Å². The van der Waals surface area contributed by atoms with E-state index < -0.39 is 5.97 Å². The highest BCUT2D eigenvalue weighted by atomic mass is 16.9. The van der Waals surface area contributed by atoms with Crippen LogP contribution in [0.3, 0.4) is 0 Å². The van der Waals surface area contributed by atoms with E-state index in [1.165, 1.54) is 12.0 Å². The number of carbonyl (C=O) groups is 2. The van der Waals surface area contributed by atoms with Gasteiger partial charge in [0.1, 0.15) is 6.10 Å². The quantitative estimate of drug-likeness (QED) is 0.772. The molecule has 106 valence electrons. The van der Waals surface area contributed by atoms with Crippen molar-refractivity contribution < 1.29 is 23.8 Å². The zero-order valence-electron chi connectivity index (χ0n) is 11.3. The summed E-state index contributed by atoms with van der Waals surface area (Å²) in [5, 5.41) is 0. The topological polar surface area (TPSA) is 65.1 Å². The van der Waals surface area contributed by atoms with Gasteiger partial charge in [0, 0.05) is 14.0 Å². The molecular weight excluding hydrogens is 262 g/mol. The molecule has 2 amide bonds. The molecule has 0 bridgehead atoms. The fourth-order valence-corrected chi connectivity index (χ4v) is 2.42. The van der Waals surface area contributed by atoms with E-state index in [-0.39, 0.29) is 31.1 Å². The number of imide groups is 1. The lowest BCUT2D eigenvalue weighted by Crippen LogP contribution is -2.39. The first kappa shape index (κ1) is 13.2. The average molecular weight is 277 g/mol. The van der Waals surface area contributed by atoms with Crippen molar-refractivity contribution in [3.8, 4) is 0 Å². The number of nitrogens with zero attached hydrogens (tertiary/aromatic N) is 1. The maximum Gasteiger partial charge on any atom is 0.280 e. The second-order valence-corrected chi connectivity index (χ2v) is 4.88. The zero-order chi connectivity index (χ0) is 14.3. The summed E-state index contributed by atoms with van der Waals surface area (Å²) in [7, 11) is 1.48. The van der Waals surface area contributed by atoms with Crippen molar-refractivity contribution in [2.24, 2.45) is 0 Å². The molecule has 6 nitrogen and oxygen atoms in total. The maximum atomic E-state index is 12.2. The van der Waals surface area contributed by atoms with Gasteiger partial charge in [0.25, 0.3) is 17.8 Å². The lowest BCUT2D eigenvalue weighted by atomic mass is 10.1. The van der Waals surface area contributed by atoms with Gasteiger partial charge in [-0.25, -0.2) is 0 Å². The monoisotopic (exact) mass is 277 g/mol. The van der Waals surface area contributed by atoms with Gasteiger partial charge in [-0.3, -0.25) is 14.5 Å². The summed E-state index contributed by atoms with van der Waals surface area (Å²) in [6.45, 7) is 2.08. The molecule has 1 aromatic carbocycles. The number of ether oxygens (including phenoxy) is 3. The highest BCUT2D eigenvalue weighted by Crippen LogP contribution is 2.27. The molecule has 6 heteroatoms. The number of hydrogen-bond donors (Lipinski definition) is 0. The van der Waals surface area contributed by atoms with E-state index in [0.717, 1.165) is 0 Å². The molecule has 2 aliphatic heterocycles. The van der Waals surface area contributed by atoms with E-state index in [0.29, 0.717) is 11.1 Å². The van der Waals surface area contributed by atoms with Crippen molar-refractivity contribution in [2.45, 2.75) is 19.0 Å². The first-order valence-electron chi connectivity index (χ1n) is 6.36. The Morgan fingerprint density at radius 3 is 2.40 bits per heavy atom. The molecule has 1 fully saturated rings. The maximum absolute atomic E-state index is 12.2. The fourth-order valence-electron chi connectivity index (χ4n) is 2.42. The normalized spacial score (nSPS) is 29.1. The van der Waals surface area contributed by atoms with Gasteiger partial charge in [-0.05, 0) is 12.1 Å². The molecule has 3 rings (SSSR count). The summed E-state index contributed by atoms with van der Waals surface area (Å²) in [5.41, 5.74) is 0.872. The van der Waals surface area contributed by atoms with Crippen LogP contribution in [-0.2, 0) is 14.2 Å². The highest BCUT2D eigenvalue weighted by molar-refractivity contribution is 6.21. The minimum atomic E-state index is -1.11. The Morgan fingerprint density at radius 2 is 1.90 bits per heavy atom. The van der Waals surface area contributed by atoms with E-state index in [4.69, 9.17) is 14.2 Å². The van der Waals surface area contributed by atoms with Gasteiger partial charge in [-0.1, -0.05) is 12.1 Å². The second-order valence-electron chi connectivity index (χ2n) is 4.88. The standard InChI is InChI=1S/C14H15NO5/c1-14(18-2)19-8-9(20-14)7-15-12(16)10-5-3-4-6-11(10)13(15)17/h3-6,9H,7-8H2,1-2H3/t9-,14?/m0/s1. The van der Waals surface area contributed by atoms with Crippen LogP contribution in [0.2, 0.25) is 0 Å². The molecule has 20 heavy (non-hydrogen) atoms. The molecule has 2 heterocycles. The Labute approximate surface area is 116 Å². The second kappa shape index (κ2) is 4.66. The van der Waals surface area contributed by atoms with Crippen LogP contribution in [0.4, 0.5) is 0 Å². The van der Waals surface area contributed by atoms with E-state index in [1.54, 1.807) is 31.2 Å². The minimum absolute atomic E-state index is 0.158. The van der Waals surface area contributed by atoms with Gasteiger partial charge in [-0.15, -0.1) is 0 Å². The molecule has 0 aliphatic carbocycles. The van der Waals surface area contributed by atoms with Gasteiger partial charge in [0.2, 0.25) is 0 Å². The SMILES string of the molecule is COC1(C)OC[C@H](CN2C(=O)c3ccccc3C2=O)O1. The average Bonchev–Trinajstić information content (AvgIpc) is 2.95. The first-order chi connectivity index (χ1) is 9.54. The zero-order valence-corrected chi connectivity index (χ0v) is 11.3. The smallest absolute Gasteiger partial charge is 0.280 e. The molecule has 0 saturated carbocycles. The van der Waals surface area contributed by atoms with E-state index in [2.05, 4.69) is 0 Å². The number of fused-ring (bicyclic) bond motifs is 1. The van der Waals surface area contributed by atoms with Crippen LogP contribution in [0.25, 0.3) is 0 Å². The van der Waals surface area contributed by atoms with Gasteiger partial charge in [-0.2, -0.15) is 0 Å². The predicted octanol–water partition coefficient (Wildman–Crippen LogP) is 1.02. The Hall–Kier alpha value is -1.76. The Bertz CT molecular complexity index is 537. The summed E-state index contributed by atoms with van der Waals surface area (Å²) in [6.07, 6.45) is -0.387. The Morgan fingerprint density at radius 1 is 1.30 bits per heavy atom. The molecule has 2 aliphatic rings. The number of amides is 2. The molecule has 2 atom stereocenters. The van der Waals surface area contributed by atoms with Crippen LogP contribution in [-0.4, -0.2) is 49.1 Å². The molecule has 0 aromatic heterocycles. The Kier molecular flexibility index (Phi) is 3.08. The van der Waals surface area contributed by atoms with Crippen LogP contribution < -0.4 is 0 Å². The summed E-state index contributed by atoms with van der Waals surface area (Å²) in [6, 6.07) is 6.79. The van der Waals surface area contributed by atoms with Crippen LogP contribution in [0.15, 0.2) is 24.3 Å². The fraction of sp³-hybridized carbons (Fsp3) is 0.429. The summed E-state index contributed by atoms with van der Waals surface area (Å²) >= 11 is 0. The van der Waals surface area contributed by atoms with Crippen molar-refractivity contribution in [3.05, 3.63) is 35.4 Å². The van der Waals surface area contributed by atoms with Crippen molar-refractivity contribution >= 4 is 11.8 Å². The third-order valence-electron chi connectivity index (χ3n) is 3.55. The van der Waals surface area contributed by atoms with Crippen molar-refractivity contribution in [3.63, 3.8) is 0 Å². The molecule has 1 saturated heterocycles. The van der Waals surface area contributed by atoms with Crippen LogP contribution in [0, 0.1) is 0 Å². The van der Waals surface area contributed by atoms with Crippen molar-refractivity contribution in [1.29, 1.82) is 0 Å². The van der Waals surface area contributed by atoms with Crippen molar-refractivity contribution in [1.82, 2.24) is 4.90 Å². The molecule has 0 spiro atoms. The minimum Gasteiger partial charge on any atom is -0.331 e. The van der Waals surface area contributed by atoms with Gasteiger partial charge >= 0.3 is 0 Å². The van der Waals surface area contributed by atoms with Gasteiger partial charge in [0.05, 0.1) is 24.3 Å². The number of rotatable bonds is 3. The molecular formula is C14H15NO5. The van der Waals surface area contributed by atoms with Crippen LogP contribution in [0.1, 0.15) is 27.6 Å². The molecule has 0 radical (unpaired) electrons. The van der Waals surface area contributed by atoms with Crippen LogP contribution in [0.5, 0.6) is 0 Å². The number of benzene rings is 1. The first-order valence-corrected chi connectivity index (χ1v) is 6.36. The summed E-state index contributed by atoms with van der Waals surface area (Å²) in [4.78, 5) is 25.6. The number of hydrogen-bond acceptors (Lipinski definition) is 5. The third-order valence-corrected chi connectivity index (χ3v) is 3.55. The van der Waals surface area contributed by atoms with Gasteiger partial charge in [0.15, 0.2) is 0 Å². The summed E-state index contributed by atoms with van der Waals surface area (Å²) in [5.74, 6) is -1.69. The number of carbonyl (C=O) groups excluding carboxylic acids is 2. The predicted molar refractivity (Wildman–Crippen MR) is 68.0 cm³/mol. The lowest BCUT2D eigenvalue weighted by Gasteiger charge is -2.22. The lowest BCUT2D eigenvalue weighted by molar-refractivity contribution is -0.313. The molecule has 1 unspecified atom stereocenters. The Balaban J connectivity index is 1.75.